The SMILES string of the molecule is CC(C)(C)c1ccccc1NC(=O)c1cnc(Nc2ccc(F)cc2F)nc1. The summed E-state index contributed by atoms with van der Waals surface area (Å²) >= 11 is 0. The molecule has 0 aliphatic heterocycles. The molecule has 0 aliphatic rings. The molecule has 0 saturated carbocycles. The van der Waals surface area contributed by atoms with Gasteiger partial charge >= 0.3 is 0 Å². The van der Waals surface area contributed by atoms with Gasteiger partial charge < -0.3 is 10.6 Å². The van der Waals surface area contributed by atoms with Gasteiger partial charge in [0.2, 0.25) is 5.95 Å². The topological polar surface area (TPSA) is 66.9 Å². The molecule has 2 N–H and O–H groups in total. The summed E-state index contributed by atoms with van der Waals surface area (Å²) in [5.41, 5.74) is 1.89. The predicted octanol–water partition coefficient (Wildman–Crippen LogP) is 5.05. The van der Waals surface area contributed by atoms with E-state index in [2.05, 4.69) is 41.4 Å². The summed E-state index contributed by atoms with van der Waals surface area (Å²) in [6, 6.07) is 10.7. The Balaban J connectivity index is 1.74. The van der Waals surface area contributed by atoms with E-state index in [1.54, 1.807) is 0 Å². The van der Waals surface area contributed by atoms with Crippen LogP contribution in [0.4, 0.5) is 26.1 Å². The molecule has 7 heteroatoms. The van der Waals surface area contributed by atoms with Crippen LogP contribution in [0.3, 0.4) is 0 Å². The third kappa shape index (κ3) is 4.49. The number of hydrogen-bond acceptors (Lipinski definition) is 4. The summed E-state index contributed by atoms with van der Waals surface area (Å²) in [4.78, 5) is 20.6. The normalized spacial score (nSPS) is 11.2. The molecular weight excluding hydrogens is 362 g/mol. The van der Waals surface area contributed by atoms with Crippen molar-refractivity contribution in [2.45, 2.75) is 26.2 Å². The summed E-state index contributed by atoms with van der Waals surface area (Å²) in [5.74, 6) is -1.69. The van der Waals surface area contributed by atoms with Gasteiger partial charge in [0.05, 0.1) is 11.3 Å². The minimum atomic E-state index is -0.760. The Morgan fingerprint density at radius 3 is 2.29 bits per heavy atom. The number of anilines is 3. The third-order valence-electron chi connectivity index (χ3n) is 4.07. The molecule has 1 amide bonds. The van der Waals surface area contributed by atoms with Crippen molar-refractivity contribution in [1.82, 2.24) is 9.97 Å². The smallest absolute Gasteiger partial charge is 0.258 e. The molecule has 5 nitrogen and oxygen atoms in total. The average molecular weight is 382 g/mol. The van der Waals surface area contributed by atoms with Gasteiger partial charge in [-0.2, -0.15) is 0 Å². The van der Waals surface area contributed by atoms with Gasteiger partial charge in [0.25, 0.3) is 5.91 Å². The van der Waals surface area contributed by atoms with E-state index in [9.17, 15) is 13.6 Å². The maximum atomic E-state index is 13.7. The molecule has 28 heavy (non-hydrogen) atoms. The Bertz CT molecular complexity index is 998. The molecule has 0 radical (unpaired) electrons. The standard InChI is InChI=1S/C21H20F2N4O/c1-21(2,3)15-6-4-5-7-17(15)26-19(28)13-11-24-20(25-12-13)27-18-9-8-14(22)10-16(18)23/h4-12H,1-3H3,(H,26,28)(H,24,25,27). The molecule has 0 saturated heterocycles. The van der Waals surface area contributed by atoms with Crippen molar-refractivity contribution in [2.75, 3.05) is 10.6 Å². The van der Waals surface area contributed by atoms with Gasteiger partial charge in [-0.05, 0) is 29.2 Å². The molecule has 2 aromatic carbocycles. The number of hydrogen-bond donors (Lipinski definition) is 2. The number of nitrogens with one attached hydrogen (secondary N) is 2. The monoisotopic (exact) mass is 382 g/mol. The quantitative estimate of drug-likeness (QED) is 0.663. The summed E-state index contributed by atoms with van der Waals surface area (Å²) in [6.07, 6.45) is 2.68. The molecule has 0 bridgehead atoms. The molecule has 1 heterocycles. The molecule has 0 unspecified atom stereocenters. The highest BCUT2D eigenvalue weighted by Gasteiger charge is 2.19. The molecule has 1 aromatic heterocycles. The number of carbonyl (C=O) groups excluding carboxylic acids is 1. The molecule has 0 fully saturated rings. The highest BCUT2D eigenvalue weighted by atomic mass is 19.1. The zero-order chi connectivity index (χ0) is 20.3. The fourth-order valence-electron chi connectivity index (χ4n) is 2.66. The molecule has 0 atom stereocenters. The van der Waals surface area contributed by atoms with Gasteiger partial charge in [0.15, 0.2) is 0 Å². The van der Waals surface area contributed by atoms with E-state index in [0.29, 0.717) is 0 Å². The van der Waals surface area contributed by atoms with E-state index in [1.165, 1.54) is 18.5 Å². The van der Waals surface area contributed by atoms with Gasteiger partial charge in [-0.25, -0.2) is 18.7 Å². The highest BCUT2D eigenvalue weighted by Crippen LogP contribution is 2.29. The van der Waals surface area contributed by atoms with E-state index in [4.69, 9.17) is 0 Å². The summed E-state index contributed by atoms with van der Waals surface area (Å²) in [5, 5.41) is 5.53. The van der Waals surface area contributed by atoms with Crippen LogP contribution in [0.5, 0.6) is 0 Å². The van der Waals surface area contributed by atoms with Gasteiger partial charge in [0.1, 0.15) is 11.6 Å². The number of carbonyl (C=O) groups is 1. The van der Waals surface area contributed by atoms with Crippen LogP contribution in [0.1, 0.15) is 36.7 Å². The Hall–Kier alpha value is -3.35. The van der Waals surface area contributed by atoms with Crippen LogP contribution >= 0.6 is 0 Å². The third-order valence-corrected chi connectivity index (χ3v) is 4.07. The molecule has 144 valence electrons. The Morgan fingerprint density at radius 1 is 0.964 bits per heavy atom. The Labute approximate surface area is 161 Å². The second-order valence-corrected chi connectivity index (χ2v) is 7.29. The number of halogens is 2. The van der Waals surface area contributed by atoms with Crippen LogP contribution in [0.2, 0.25) is 0 Å². The van der Waals surface area contributed by atoms with E-state index in [-0.39, 0.29) is 28.5 Å². The van der Waals surface area contributed by atoms with Crippen molar-refractivity contribution in [3.8, 4) is 0 Å². The van der Waals surface area contributed by atoms with E-state index in [0.717, 1.165) is 23.4 Å². The number of rotatable bonds is 4. The van der Waals surface area contributed by atoms with Crippen molar-refractivity contribution in [3.05, 3.63) is 77.6 Å². The first kappa shape index (κ1) is 19.4. The first-order valence-corrected chi connectivity index (χ1v) is 8.69. The molecule has 3 rings (SSSR count). The Morgan fingerprint density at radius 2 is 1.64 bits per heavy atom. The van der Waals surface area contributed by atoms with Crippen molar-refractivity contribution < 1.29 is 13.6 Å². The molecule has 0 aliphatic carbocycles. The Kier molecular flexibility index (Phi) is 5.35. The van der Waals surface area contributed by atoms with Gasteiger partial charge in [-0.15, -0.1) is 0 Å². The number of amides is 1. The molecule has 3 aromatic rings. The average Bonchev–Trinajstić information content (AvgIpc) is 2.64. The highest BCUT2D eigenvalue weighted by molar-refractivity contribution is 6.04. The van der Waals surface area contributed by atoms with E-state index in [1.807, 2.05) is 24.3 Å². The maximum Gasteiger partial charge on any atom is 0.258 e. The largest absolute Gasteiger partial charge is 0.322 e. The number of aromatic nitrogens is 2. The summed E-state index contributed by atoms with van der Waals surface area (Å²) in [7, 11) is 0. The zero-order valence-electron chi connectivity index (χ0n) is 15.8. The molecule has 0 spiro atoms. The lowest BCUT2D eigenvalue weighted by Gasteiger charge is -2.23. The van der Waals surface area contributed by atoms with E-state index < -0.39 is 11.6 Å². The first-order chi connectivity index (χ1) is 13.2. The van der Waals surface area contributed by atoms with Crippen LogP contribution in [-0.2, 0) is 5.41 Å². The van der Waals surface area contributed by atoms with Crippen molar-refractivity contribution >= 4 is 23.2 Å². The van der Waals surface area contributed by atoms with Gasteiger partial charge in [0, 0.05) is 24.1 Å². The van der Waals surface area contributed by atoms with Crippen LogP contribution in [0, 0.1) is 11.6 Å². The van der Waals surface area contributed by atoms with Crippen LogP contribution in [0.15, 0.2) is 54.9 Å². The van der Waals surface area contributed by atoms with Crippen molar-refractivity contribution in [3.63, 3.8) is 0 Å². The minimum absolute atomic E-state index is 0.0395. The number of para-hydroxylation sites is 1. The lowest BCUT2D eigenvalue weighted by atomic mass is 9.86. The van der Waals surface area contributed by atoms with Crippen LogP contribution in [0.25, 0.3) is 0 Å². The second kappa shape index (κ2) is 7.72. The fraction of sp³-hybridized carbons (Fsp3) is 0.190. The first-order valence-electron chi connectivity index (χ1n) is 8.69. The van der Waals surface area contributed by atoms with Gasteiger partial charge in [-0.3, -0.25) is 4.79 Å². The van der Waals surface area contributed by atoms with Gasteiger partial charge in [-0.1, -0.05) is 39.0 Å². The van der Waals surface area contributed by atoms with Crippen LogP contribution in [-0.4, -0.2) is 15.9 Å². The summed E-state index contributed by atoms with van der Waals surface area (Å²) in [6.45, 7) is 6.20. The minimum Gasteiger partial charge on any atom is -0.322 e. The number of nitrogens with zero attached hydrogens (tertiary/aromatic N) is 2. The van der Waals surface area contributed by atoms with Crippen LogP contribution < -0.4 is 10.6 Å². The maximum absolute atomic E-state index is 13.7. The van der Waals surface area contributed by atoms with Crippen molar-refractivity contribution in [2.24, 2.45) is 0 Å². The summed E-state index contributed by atoms with van der Waals surface area (Å²) < 4.78 is 26.7. The lowest BCUT2D eigenvalue weighted by Crippen LogP contribution is -2.19. The second-order valence-electron chi connectivity index (χ2n) is 7.29. The van der Waals surface area contributed by atoms with E-state index >= 15 is 0 Å². The lowest BCUT2D eigenvalue weighted by molar-refractivity contribution is 0.102. The molecular formula is C21H20F2N4O. The zero-order valence-corrected chi connectivity index (χ0v) is 15.8. The predicted molar refractivity (Wildman–Crippen MR) is 105 cm³/mol. The number of benzene rings is 2. The fourth-order valence-corrected chi connectivity index (χ4v) is 2.66. The van der Waals surface area contributed by atoms with Crippen molar-refractivity contribution in [1.29, 1.82) is 0 Å².